The lowest BCUT2D eigenvalue weighted by Gasteiger charge is -2.08. The van der Waals surface area contributed by atoms with Crippen molar-refractivity contribution in [1.82, 2.24) is 15.0 Å². The first-order valence-electron chi connectivity index (χ1n) is 7.60. The van der Waals surface area contributed by atoms with E-state index in [0.717, 1.165) is 11.3 Å². The van der Waals surface area contributed by atoms with E-state index in [4.69, 9.17) is 5.73 Å². The van der Waals surface area contributed by atoms with Gasteiger partial charge in [0, 0.05) is 5.69 Å². The number of benzene rings is 2. The Labute approximate surface area is 135 Å². The molecule has 23 heavy (non-hydrogen) atoms. The molecule has 3 aromatic rings. The van der Waals surface area contributed by atoms with Gasteiger partial charge in [-0.1, -0.05) is 43.3 Å². The molecule has 1 heterocycles. The van der Waals surface area contributed by atoms with E-state index in [1.54, 1.807) is 35.1 Å². The van der Waals surface area contributed by atoms with E-state index in [0.29, 0.717) is 17.3 Å². The number of hydrogen-bond donors (Lipinski definition) is 2. The molecule has 2 aromatic carbocycles. The van der Waals surface area contributed by atoms with Gasteiger partial charge in [0.25, 0.3) is 0 Å². The first kappa shape index (κ1) is 15.2. The van der Waals surface area contributed by atoms with Gasteiger partial charge in [0.2, 0.25) is 0 Å². The third-order valence-corrected chi connectivity index (χ3v) is 3.87. The lowest BCUT2D eigenvalue weighted by molar-refractivity contribution is 0.215. The number of nitrogens with two attached hydrogens (primary N) is 1. The zero-order chi connectivity index (χ0) is 16.4. The van der Waals surface area contributed by atoms with Crippen molar-refractivity contribution in [3.8, 4) is 5.69 Å². The van der Waals surface area contributed by atoms with Crippen LogP contribution in [-0.4, -0.2) is 20.1 Å². The molecule has 1 atom stereocenters. The average molecular weight is 308 g/mol. The summed E-state index contributed by atoms with van der Waals surface area (Å²) in [6.07, 6.45) is 0.921. The van der Waals surface area contributed by atoms with Gasteiger partial charge in [-0.3, -0.25) is 0 Å². The van der Waals surface area contributed by atoms with Crippen LogP contribution >= 0.6 is 0 Å². The molecule has 5 heteroatoms. The molecular formula is C18H20N4O. The minimum atomic E-state index is -0.820. The molecule has 1 unspecified atom stereocenters. The van der Waals surface area contributed by atoms with Gasteiger partial charge in [-0.15, -0.1) is 5.10 Å². The molecule has 0 bridgehead atoms. The SMILES string of the molecule is CC(C)c1ccc(-n2cc(C(O)c3ccc(N)cc3)nn2)cc1. The van der Waals surface area contributed by atoms with Crippen molar-refractivity contribution in [2.45, 2.75) is 25.9 Å². The summed E-state index contributed by atoms with van der Waals surface area (Å²) in [6.45, 7) is 4.32. The van der Waals surface area contributed by atoms with Crippen molar-refractivity contribution in [1.29, 1.82) is 0 Å². The second-order valence-corrected chi connectivity index (χ2v) is 5.90. The predicted molar refractivity (Wildman–Crippen MR) is 90.4 cm³/mol. The van der Waals surface area contributed by atoms with Crippen molar-refractivity contribution in [2.75, 3.05) is 5.73 Å². The fraction of sp³-hybridized carbons (Fsp3) is 0.222. The van der Waals surface area contributed by atoms with Crippen LogP contribution in [0.4, 0.5) is 5.69 Å². The molecule has 118 valence electrons. The molecule has 1 aromatic heterocycles. The maximum atomic E-state index is 10.4. The Balaban J connectivity index is 1.83. The molecule has 0 fully saturated rings. The van der Waals surface area contributed by atoms with E-state index in [2.05, 4.69) is 36.3 Å². The molecule has 0 aliphatic carbocycles. The van der Waals surface area contributed by atoms with Crippen LogP contribution in [0, 0.1) is 0 Å². The Morgan fingerprint density at radius 2 is 1.57 bits per heavy atom. The predicted octanol–water partition coefficient (Wildman–Crippen LogP) is 3.05. The van der Waals surface area contributed by atoms with Crippen molar-refractivity contribution in [3.05, 3.63) is 71.5 Å². The first-order chi connectivity index (χ1) is 11.0. The van der Waals surface area contributed by atoms with Gasteiger partial charge in [-0.25, -0.2) is 4.68 Å². The Kier molecular flexibility index (Phi) is 4.12. The molecule has 0 saturated heterocycles. The van der Waals surface area contributed by atoms with Gasteiger partial charge in [-0.2, -0.15) is 0 Å². The number of nitrogen functional groups attached to an aromatic ring is 1. The fourth-order valence-electron chi connectivity index (χ4n) is 2.39. The molecule has 5 nitrogen and oxygen atoms in total. The van der Waals surface area contributed by atoms with Crippen molar-refractivity contribution in [3.63, 3.8) is 0 Å². The number of rotatable bonds is 4. The van der Waals surface area contributed by atoms with Gasteiger partial charge in [-0.05, 0) is 41.3 Å². The van der Waals surface area contributed by atoms with Crippen molar-refractivity contribution >= 4 is 5.69 Å². The molecule has 0 aliphatic rings. The summed E-state index contributed by atoms with van der Waals surface area (Å²) in [5, 5.41) is 18.6. The van der Waals surface area contributed by atoms with Crippen LogP contribution in [0.15, 0.2) is 54.7 Å². The summed E-state index contributed by atoms with van der Waals surface area (Å²) >= 11 is 0. The monoisotopic (exact) mass is 308 g/mol. The zero-order valence-electron chi connectivity index (χ0n) is 13.2. The van der Waals surface area contributed by atoms with Crippen LogP contribution in [0.2, 0.25) is 0 Å². The van der Waals surface area contributed by atoms with Gasteiger partial charge >= 0.3 is 0 Å². The van der Waals surface area contributed by atoms with Crippen molar-refractivity contribution in [2.24, 2.45) is 0 Å². The Morgan fingerprint density at radius 3 is 2.17 bits per heavy atom. The third kappa shape index (κ3) is 3.24. The normalized spacial score (nSPS) is 12.5. The highest BCUT2D eigenvalue weighted by atomic mass is 16.3. The summed E-state index contributed by atoms with van der Waals surface area (Å²) in [4.78, 5) is 0. The quantitative estimate of drug-likeness (QED) is 0.726. The number of aliphatic hydroxyl groups is 1. The molecule has 0 saturated carbocycles. The molecule has 3 N–H and O–H groups in total. The van der Waals surface area contributed by atoms with E-state index < -0.39 is 6.10 Å². The molecule has 0 aliphatic heterocycles. The maximum Gasteiger partial charge on any atom is 0.124 e. The van der Waals surface area contributed by atoms with Crippen LogP contribution in [0.25, 0.3) is 5.69 Å². The zero-order valence-corrected chi connectivity index (χ0v) is 13.2. The average Bonchev–Trinajstić information content (AvgIpc) is 3.05. The Bertz CT molecular complexity index is 776. The van der Waals surface area contributed by atoms with Crippen LogP contribution in [0.3, 0.4) is 0 Å². The molecule has 0 spiro atoms. The van der Waals surface area contributed by atoms with Crippen LogP contribution in [0.5, 0.6) is 0 Å². The number of nitrogens with zero attached hydrogens (tertiary/aromatic N) is 3. The van der Waals surface area contributed by atoms with Gasteiger partial charge in [0.05, 0.1) is 11.9 Å². The lowest BCUT2D eigenvalue weighted by Crippen LogP contribution is -2.00. The maximum absolute atomic E-state index is 10.4. The fourth-order valence-corrected chi connectivity index (χ4v) is 2.39. The minimum absolute atomic E-state index is 0.489. The molecular weight excluding hydrogens is 288 g/mol. The van der Waals surface area contributed by atoms with Gasteiger partial charge in [0.1, 0.15) is 11.8 Å². The number of hydrogen-bond acceptors (Lipinski definition) is 4. The molecule has 3 rings (SSSR count). The second kappa shape index (κ2) is 6.22. The Hall–Kier alpha value is -2.66. The molecule has 0 radical (unpaired) electrons. The summed E-state index contributed by atoms with van der Waals surface area (Å²) in [7, 11) is 0. The van der Waals surface area contributed by atoms with E-state index in [9.17, 15) is 5.11 Å². The highest BCUT2D eigenvalue weighted by molar-refractivity contribution is 5.41. The summed E-state index contributed by atoms with van der Waals surface area (Å²) in [5.41, 5.74) is 9.76. The number of aromatic nitrogens is 3. The summed E-state index contributed by atoms with van der Waals surface area (Å²) in [6, 6.07) is 15.3. The van der Waals surface area contributed by atoms with Crippen LogP contribution in [0.1, 0.15) is 42.7 Å². The third-order valence-electron chi connectivity index (χ3n) is 3.87. The smallest absolute Gasteiger partial charge is 0.124 e. The largest absolute Gasteiger partial charge is 0.399 e. The summed E-state index contributed by atoms with van der Waals surface area (Å²) < 4.78 is 1.67. The van der Waals surface area contributed by atoms with Crippen LogP contribution < -0.4 is 5.73 Å². The highest BCUT2D eigenvalue weighted by Gasteiger charge is 2.15. The second-order valence-electron chi connectivity index (χ2n) is 5.90. The van der Waals surface area contributed by atoms with Gasteiger partial charge in [0.15, 0.2) is 0 Å². The van der Waals surface area contributed by atoms with Crippen LogP contribution in [-0.2, 0) is 0 Å². The first-order valence-corrected chi connectivity index (χ1v) is 7.60. The topological polar surface area (TPSA) is 77.0 Å². The lowest BCUT2D eigenvalue weighted by atomic mass is 10.0. The van der Waals surface area contributed by atoms with E-state index in [1.165, 1.54) is 5.56 Å². The number of aliphatic hydroxyl groups excluding tert-OH is 1. The highest BCUT2D eigenvalue weighted by Crippen LogP contribution is 2.22. The Morgan fingerprint density at radius 1 is 0.957 bits per heavy atom. The number of anilines is 1. The standard InChI is InChI=1S/C18H20N4O/c1-12(2)13-5-9-16(10-6-13)22-11-17(20-21-22)18(23)14-3-7-15(19)8-4-14/h3-12,18,23H,19H2,1-2H3. The van der Waals surface area contributed by atoms with E-state index in [1.807, 2.05) is 12.1 Å². The van der Waals surface area contributed by atoms with Gasteiger partial charge < -0.3 is 10.8 Å². The summed E-state index contributed by atoms with van der Waals surface area (Å²) in [5.74, 6) is 0.489. The van der Waals surface area contributed by atoms with E-state index in [-0.39, 0.29) is 0 Å². The van der Waals surface area contributed by atoms with E-state index >= 15 is 0 Å². The molecule has 0 amide bonds. The minimum Gasteiger partial charge on any atom is -0.399 e. The van der Waals surface area contributed by atoms with Crippen molar-refractivity contribution < 1.29 is 5.11 Å².